The van der Waals surface area contributed by atoms with Gasteiger partial charge in [0, 0.05) is 23.0 Å². The van der Waals surface area contributed by atoms with Crippen LogP contribution in [-0.4, -0.2) is 33.1 Å². The largest absolute Gasteiger partial charge is 0.490 e. The summed E-state index contributed by atoms with van der Waals surface area (Å²) in [5.74, 6) is -3.14. The number of nitrogens with one attached hydrogen (secondary N) is 2. The fourth-order valence-electron chi connectivity index (χ4n) is 2.94. The molecule has 1 saturated carbocycles. The van der Waals surface area contributed by atoms with Crippen molar-refractivity contribution in [1.82, 2.24) is 15.3 Å². The van der Waals surface area contributed by atoms with E-state index in [-0.39, 0.29) is 50.1 Å². The minimum Gasteiger partial charge on any atom is -0.475 e. The van der Waals surface area contributed by atoms with Crippen LogP contribution in [0.25, 0.3) is 0 Å². The van der Waals surface area contributed by atoms with Crippen molar-refractivity contribution in [1.29, 1.82) is 5.26 Å². The van der Waals surface area contributed by atoms with Gasteiger partial charge in [-0.1, -0.05) is 40.9 Å². The predicted octanol–water partition coefficient (Wildman–Crippen LogP) is 6.61. The third kappa shape index (κ3) is 7.50. The Morgan fingerprint density at radius 3 is 2.45 bits per heavy atom. The average molecular weight is 594 g/mol. The summed E-state index contributed by atoms with van der Waals surface area (Å²) in [5.41, 5.74) is 0.464. The maximum Gasteiger partial charge on any atom is 0.490 e. The summed E-state index contributed by atoms with van der Waals surface area (Å²) in [6, 6.07) is 9.12. The second-order valence-electron chi connectivity index (χ2n) is 7.78. The van der Waals surface area contributed by atoms with Crippen LogP contribution in [-0.2, 0) is 11.3 Å². The van der Waals surface area contributed by atoms with Gasteiger partial charge in [0.05, 0.1) is 16.7 Å². The van der Waals surface area contributed by atoms with Crippen LogP contribution in [0.15, 0.2) is 30.3 Å². The van der Waals surface area contributed by atoms with Gasteiger partial charge in [-0.05, 0) is 37.1 Å². The van der Waals surface area contributed by atoms with Crippen molar-refractivity contribution < 1.29 is 37.0 Å². The van der Waals surface area contributed by atoms with E-state index in [2.05, 4.69) is 15.3 Å². The molecule has 8 nitrogen and oxygen atoms in total. The van der Waals surface area contributed by atoms with Crippen molar-refractivity contribution in [2.24, 2.45) is 0 Å². The zero-order valence-electron chi connectivity index (χ0n) is 18.8. The maximum atomic E-state index is 15.0. The Bertz CT molecular complexity index is 1420. The quantitative estimate of drug-likeness (QED) is 0.276. The maximum absolute atomic E-state index is 15.0. The molecule has 1 aliphatic carbocycles. The van der Waals surface area contributed by atoms with Crippen LogP contribution in [0.3, 0.4) is 0 Å². The predicted molar refractivity (Wildman–Crippen MR) is 128 cm³/mol. The van der Waals surface area contributed by atoms with Crippen LogP contribution < -0.4 is 10.1 Å². The van der Waals surface area contributed by atoms with E-state index in [1.165, 1.54) is 30.3 Å². The standard InChI is InChI=1S/C21H14Cl3FN4O2.C2HF3O2/c22-13-5-10(8-26)6-14(7-13)31-18-15(23)4-3-12(16(18)25)9-27-21(30)17-19(24)29-20(28-17)11-1-2-11;3-2(4,5)1(6)7/h3-7,11H,1-2,9H2,(H,27,30)(H,28,29);(H,6,7). The Kier molecular flexibility index (Phi) is 9.09. The van der Waals surface area contributed by atoms with Crippen LogP contribution in [0, 0.1) is 17.1 Å². The smallest absolute Gasteiger partial charge is 0.475 e. The van der Waals surface area contributed by atoms with Gasteiger partial charge in [0.25, 0.3) is 5.91 Å². The molecule has 1 heterocycles. The molecule has 0 bridgehead atoms. The number of hydrogen-bond acceptors (Lipinski definition) is 5. The van der Waals surface area contributed by atoms with E-state index < -0.39 is 23.9 Å². The Morgan fingerprint density at radius 1 is 1.21 bits per heavy atom. The Morgan fingerprint density at radius 2 is 1.87 bits per heavy atom. The number of carboxylic acid groups (broad SMARTS) is 1. The van der Waals surface area contributed by atoms with Crippen LogP contribution in [0.5, 0.6) is 11.5 Å². The van der Waals surface area contributed by atoms with Gasteiger partial charge >= 0.3 is 12.1 Å². The molecule has 1 aromatic heterocycles. The molecule has 0 atom stereocenters. The number of amides is 1. The summed E-state index contributed by atoms with van der Waals surface area (Å²) in [4.78, 5) is 28.5. The van der Waals surface area contributed by atoms with Gasteiger partial charge in [-0.15, -0.1) is 0 Å². The number of carbonyl (C=O) groups excluding carboxylic acids is 1. The molecule has 1 amide bonds. The number of hydrogen-bond donors (Lipinski definition) is 3. The zero-order valence-corrected chi connectivity index (χ0v) is 21.1. The molecule has 38 heavy (non-hydrogen) atoms. The molecule has 3 N–H and O–H groups in total. The molecule has 0 aliphatic heterocycles. The average Bonchev–Trinajstić information content (AvgIpc) is 3.62. The van der Waals surface area contributed by atoms with E-state index in [0.717, 1.165) is 12.8 Å². The van der Waals surface area contributed by atoms with Gasteiger partial charge in [0.15, 0.2) is 17.3 Å². The Balaban J connectivity index is 0.000000505. The molecule has 0 radical (unpaired) electrons. The van der Waals surface area contributed by atoms with Gasteiger partial charge in [-0.2, -0.15) is 18.4 Å². The molecule has 0 unspecified atom stereocenters. The fraction of sp³-hybridized carbons (Fsp3) is 0.217. The van der Waals surface area contributed by atoms with E-state index in [1.54, 1.807) is 0 Å². The molecular formula is C23H15Cl3F4N4O4. The number of nitriles is 1. The van der Waals surface area contributed by atoms with E-state index in [4.69, 9.17) is 54.7 Å². The lowest BCUT2D eigenvalue weighted by molar-refractivity contribution is -0.192. The lowest BCUT2D eigenvalue weighted by Gasteiger charge is -2.13. The van der Waals surface area contributed by atoms with Gasteiger partial charge in [0.1, 0.15) is 16.7 Å². The summed E-state index contributed by atoms with van der Waals surface area (Å²) >= 11 is 18.1. The number of carboxylic acids is 1. The highest BCUT2D eigenvalue weighted by molar-refractivity contribution is 6.32. The highest BCUT2D eigenvalue weighted by Gasteiger charge is 2.38. The third-order valence-electron chi connectivity index (χ3n) is 4.89. The lowest BCUT2D eigenvalue weighted by atomic mass is 10.2. The first-order chi connectivity index (χ1) is 17.8. The lowest BCUT2D eigenvalue weighted by Crippen LogP contribution is -2.24. The van der Waals surface area contributed by atoms with Crippen LogP contribution >= 0.6 is 34.8 Å². The monoisotopic (exact) mass is 592 g/mol. The first-order valence-corrected chi connectivity index (χ1v) is 11.6. The second-order valence-corrected chi connectivity index (χ2v) is 9.01. The number of aromatic amines is 1. The van der Waals surface area contributed by atoms with E-state index >= 15 is 4.39 Å². The number of nitrogens with zero attached hydrogens (tertiary/aromatic N) is 2. The number of imidazole rings is 1. The zero-order chi connectivity index (χ0) is 28.2. The molecule has 1 fully saturated rings. The molecule has 3 aromatic rings. The number of aromatic nitrogens is 2. The number of ether oxygens (including phenoxy) is 1. The first-order valence-electron chi connectivity index (χ1n) is 10.5. The SMILES string of the molecule is N#Cc1cc(Cl)cc(Oc2c(Cl)ccc(CNC(=O)c3nc(C4CC4)[nH]c3Cl)c2F)c1.O=C(O)C(F)(F)F. The number of benzene rings is 2. The molecule has 0 saturated heterocycles. The number of aliphatic carboxylic acids is 1. The number of carbonyl (C=O) groups is 2. The van der Waals surface area contributed by atoms with Gasteiger partial charge < -0.3 is 20.1 Å². The number of H-pyrrole nitrogens is 1. The topological polar surface area (TPSA) is 128 Å². The summed E-state index contributed by atoms with van der Waals surface area (Å²) in [6.45, 7) is -0.140. The van der Waals surface area contributed by atoms with Crippen molar-refractivity contribution in [3.63, 3.8) is 0 Å². The molecule has 0 spiro atoms. The highest BCUT2D eigenvalue weighted by atomic mass is 35.5. The van der Waals surface area contributed by atoms with Crippen molar-refractivity contribution >= 4 is 46.7 Å². The Hall–Kier alpha value is -3.53. The molecular weight excluding hydrogens is 579 g/mol. The number of halogens is 7. The second kappa shape index (κ2) is 11.9. The first kappa shape index (κ1) is 29.0. The van der Waals surface area contributed by atoms with Gasteiger partial charge in [-0.3, -0.25) is 4.79 Å². The van der Waals surface area contributed by atoms with Crippen LogP contribution in [0.2, 0.25) is 15.2 Å². The summed E-state index contributed by atoms with van der Waals surface area (Å²) in [6.07, 6.45) is -3.07. The molecule has 15 heteroatoms. The molecule has 1 aliphatic rings. The fourth-order valence-corrected chi connectivity index (χ4v) is 3.57. The minimum absolute atomic E-state index is 0.0236. The van der Waals surface area contributed by atoms with Crippen molar-refractivity contribution in [3.8, 4) is 17.6 Å². The van der Waals surface area contributed by atoms with Gasteiger partial charge in [0.2, 0.25) is 0 Å². The normalized spacial score (nSPS) is 12.7. The number of alkyl halides is 3. The highest BCUT2D eigenvalue weighted by Crippen LogP contribution is 2.39. The van der Waals surface area contributed by atoms with E-state index in [9.17, 15) is 18.0 Å². The Labute approximate surface area is 227 Å². The minimum atomic E-state index is -5.08. The molecule has 2 aromatic carbocycles. The summed E-state index contributed by atoms with van der Waals surface area (Å²) in [5, 5.41) is 19.2. The van der Waals surface area contributed by atoms with Crippen molar-refractivity contribution in [3.05, 3.63) is 74.0 Å². The van der Waals surface area contributed by atoms with E-state index in [0.29, 0.717) is 11.7 Å². The summed E-state index contributed by atoms with van der Waals surface area (Å²) in [7, 11) is 0. The van der Waals surface area contributed by atoms with Crippen molar-refractivity contribution in [2.45, 2.75) is 31.5 Å². The molecule has 4 rings (SSSR count). The van der Waals surface area contributed by atoms with Gasteiger partial charge in [-0.25, -0.2) is 14.2 Å². The third-order valence-corrected chi connectivity index (χ3v) is 5.68. The molecule has 200 valence electrons. The van der Waals surface area contributed by atoms with Crippen LogP contribution in [0.4, 0.5) is 17.6 Å². The van der Waals surface area contributed by atoms with Crippen LogP contribution in [0.1, 0.15) is 46.2 Å². The summed E-state index contributed by atoms with van der Waals surface area (Å²) < 4.78 is 52.3. The van der Waals surface area contributed by atoms with E-state index in [1.807, 2.05) is 6.07 Å². The van der Waals surface area contributed by atoms with Crippen molar-refractivity contribution in [2.75, 3.05) is 0 Å². The number of rotatable bonds is 6.